The molecule has 1 unspecified atom stereocenters. The van der Waals surface area contributed by atoms with E-state index in [0.717, 1.165) is 76.0 Å². The molecule has 2 aliphatic rings. The number of anilines is 1. The van der Waals surface area contributed by atoms with Gasteiger partial charge in [-0.3, -0.25) is 14.6 Å². The molecule has 29 heavy (non-hydrogen) atoms. The van der Waals surface area contributed by atoms with Crippen molar-refractivity contribution in [3.05, 3.63) is 18.2 Å². The largest absolute Gasteiger partial charge is 0.497 e. The Morgan fingerprint density at radius 2 is 1.69 bits per heavy atom. The van der Waals surface area contributed by atoms with Crippen molar-refractivity contribution in [3.63, 3.8) is 0 Å². The highest BCUT2D eigenvalue weighted by Crippen LogP contribution is 2.32. The molecule has 162 valence electrons. The molecule has 0 aliphatic carbocycles. The van der Waals surface area contributed by atoms with Crippen LogP contribution in [0.1, 0.15) is 20.3 Å². The van der Waals surface area contributed by atoms with Gasteiger partial charge in [0.25, 0.3) is 0 Å². The van der Waals surface area contributed by atoms with Gasteiger partial charge in [-0.1, -0.05) is 6.92 Å². The first-order valence-corrected chi connectivity index (χ1v) is 10.8. The normalized spacial score (nSPS) is 19.9. The number of carbonyl (C=O) groups is 1. The Kier molecular flexibility index (Phi) is 7.61. The third-order valence-corrected chi connectivity index (χ3v) is 6.34. The van der Waals surface area contributed by atoms with Crippen molar-refractivity contribution in [1.29, 1.82) is 0 Å². The molecule has 1 aromatic rings. The van der Waals surface area contributed by atoms with Crippen LogP contribution in [0, 0.1) is 0 Å². The maximum Gasteiger partial charge on any atom is 0.236 e. The number of benzene rings is 1. The number of hydrogen-bond donors (Lipinski definition) is 0. The van der Waals surface area contributed by atoms with E-state index < -0.39 is 0 Å². The lowest BCUT2D eigenvalue weighted by Gasteiger charge is -2.40. The van der Waals surface area contributed by atoms with Gasteiger partial charge < -0.3 is 19.3 Å². The number of nitrogens with zero attached hydrogens (tertiary/aromatic N) is 4. The van der Waals surface area contributed by atoms with Crippen LogP contribution >= 0.6 is 0 Å². The van der Waals surface area contributed by atoms with Crippen LogP contribution < -0.4 is 14.4 Å². The zero-order valence-corrected chi connectivity index (χ0v) is 18.4. The van der Waals surface area contributed by atoms with E-state index in [2.05, 4.69) is 34.6 Å². The zero-order valence-electron chi connectivity index (χ0n) is 18.4. The summed E-state index contributed by atoms with van der Waals surface area (Å²) in [6.45, 7) is 12.3. The van der Waals surface area contributed by atoms with E-state index in [1.807, 2.05) is 17.0 Å². The zero-order chi connectivity index (χ0) is 20.8. The third-order valence-electron chi connectivity index (χ3n) is 6.34. The average molecular weight is 405 g/mol. The maximum atomic E-state index is 12.8. The minimum absolute atomic E-state index is 0.268. The third kappa shape index (κ3) is 5.34. The summed E-state index contributed by atoms with van der Waals surface area (Å²) in [6, 6.07) is 6.54. The average Bonchev–Trinajstić information content (AvgIpc) is 2.78. The summed E-state index contributed by atoms with van der Waals surface area (Å²) in [6.07, 6.45) is 1.16. The van der Waals surface area contributed by atoms with E-state index in [1.165, 1.54) is 0 Å². The van der Waals surface area contributed by atoms with Crippen LogP contribution in [0.3, 0.4) is 0 Å². The highest BCUT2D eigenvalue weighted by Gasteiger charge is 2.26. The first-order valence-electron chi connectivity index (χ1n) is 10.8. The van der Waals surface area contributed by atoms with E-state index in [1.54, 1.807) is 14.2 Å². The number of amides is 1. The number of carbonyl (C=O) groups excluding carboxylic acids is 1. The molecule has 1 aromatic carbocycles. The Labute approximate surface area is 175 Å². The molecule has 0 spiro atoms. The van der Waals surface area contributed by atoms with Crippen LogP contribution in [-0.2, 0) is 4.79 Å². The molecule has 2 saturated heterocycles. The standard InChI is InChI=1S/C22H36N4O3/c1-5-18(2)24-12-14-26(15-13-24)22(27)17-23-8-10-25(11-9-23)20-7-6-19(28-3)16-21(20)29-4/h6-7,16,18H,5,8-15,17H2,1-4H3. The molecular weight excluding hydrogens is 368 g/mol. The second-order valence-electron chi connectivity index (χ2n) is 7.98. The first-order chi connectivity index (χ1) is 14.0. The summed E-state index contributed by atoms with van der Waals surface area (Å²) in [5.41, 5.74) is 1.08. The molecular formula is C22H36N4O3. The van der Waals surface area contributed by atoms with Crippen LogP contribution in [0.25, 0.3) is 0 Å². The Balaban J connectivity index is 1.47. The number of piperazine rings is 2. The van der Waals surface area contributed by atoms with Gasteiger partial charge in [0.15, 0.2) is 0 Å². The van der Waals surface area contributed by atoms with E-state index in [4.69, 9.17) is 9.47 Å². The van der Waals surface area contributed by atoms with Crippen molar-refractivity contribution in [3.8, 4) is 11.5 Å². The predicted octanol–water partition coefficient (Wildman–Crippen LogP) is 1.77. The smallest absolute Gasteiger partial charge is 0.236 e. The molecule has 7 heteroatoms. The van der Waals surface area contributed by atoms with Gasteiger partial charge >= 0.3 is 0 Å². The van der Waals surface area contributed by atoms with E-state index in [0.29, 0.717) is 12.6 Å². The lowest BCUT2D eigenvalue weighted by Crippen LogP contribution is -2.55. The van der Waals surface area contributed by atoms with Crippen LogP contribution in [0.2, 0.25) is 0 Å². The van der Waals surface area contributed by atoms with Gasteiger partial charge in [-0.05, 0) is 25.5 Å². The van der Waals surface area contributed by atoms with Gasteiger partial charge in [0.05, 0.1) is 26.5 Å². The maximum absolute atomic E-state index is 12.8. The minimum Gasteiger partial charge on any atom is -0.497 e. The minimum atomic E-state index is 0.268. The topological polar surface area (TPSA) is 48.5 Å². The molecule has 0 bridgehead atoms. The number of methoxy groups -OCH3 is 2. The van der Waals surface area contributed by atoms with Crippen LogP contribution in [0.4, 0.5) is 5.69 Å². The second-order valence-corrected chi connectivity index (χ2v) is 7.98. The predicted molar refractivity (Wildman–Crippen MR) is 116 cm³/mol. The first kappa shape index (κ1) is 21.7. The molecule has 0 saturated carbocycles. The lowest BCUT2D eigenvalue weighted by molar-refractivity contribution is -0.134. The molecule has 1 amide bonds. The summed E-state index contributed by atoms with van der Waals surface area (Å²) in [7, 11) is 3.35. The van der Waals surface area contributed by atoms with Crippen LogP contribution in [-0.4, -0.2) is 99.8 Å². The van der Waals surface area contributed by atoms with Crippen molar-refractivity contribution in [2.45, 2.75) is 26.3 Å². The van der Waals surface area contributed by atoms with Gasteiger partial charge in [0.1, 0.15) is 11.5 Å². The SMILES string of the molecule is CCC(C)N1CCN(C(=O)CN2CCN(c3ccc(OC)cc3OC)CC2)CC1. The number of rotatable bonds is 7. The quantitative estimate of drug-likeness (QED) is 0.690. The van der Waals surface area contributed by atoms with E-state index >= 15 is 0 Å². The van der Waals surface area contributed by atoms with Crippen molar-refractivity contribution in [2.24, 2.45) is 0 Å². The Hall–Kier alpha value is -1.99. The molecule has 0 radical (unpaired) electrons. The Morgan fingerprint density at radius 1 is 1.00 bits per heavy atom. The Morgan fingerprint density at radius 3 is 2.28 bits per heavy atom. The molecule has 2 fully saturated rings. The van der Waals surface area contributed by atoms with E-state index in [9.17, 15) is 4.79 Å². The second kappa shape index (κ2) is 10.2. The van der Waals surface area contributed by atoms with Gasteiger partial charge in [-0.25, -0.2) is 0 Å². The molecule has 2 heterocycles. The molecule has 1 atom stereocenters. The summed E-state index contributed by atoms with van der Waals surface area (Å²) >= 11 is 0. The summed E-state index contributed by atoms with van der Waals surface area (Å²) in [4.78, 5) is 21.9. The highest BCUT2D eigenvalue weighted by atomic mass is 16.5. The fourth-order valence-electron chi connectivity index (χ4n) is 4.15. The van der Waals surface area contributed by atoms with Crippen molar-refractivity contribution in [2.75, 3.05) is 78.0 Å². The van der Waals surface area contributed by atoms with Gasteiger partial charge in [0.2, 0.25) is 5.91 Å². The summed E-state index contributed by atoms with van der Waals surface area (Å²) < 4.78 is 10.8. The van der Waals surface area contributed by atoms with Crippen molar-refractivity contribution < 1.29 is 14.3 Å². The van der Waals surface area contributed by atoms with Crippen LogP contribution in [0.5, 0.6) is 11.5 Å². The molecule has 0 N–H and O–H groups in total. The van der Waals surface area contributed by atoms with Gasteiger partial charge in [-0.15, -0.1) is 0 Å². The van der Waals surface area contributed by atoms with Crippen molar-refractivity contribution >= 4 is 11.6 Å². The molecule has 2 aliphatic heterocycles. The Bertz CT molecular complexity index is 668. The molecule has 3 rings (SSSR count). The fourth-order valence-corrected chi connectivity index (χ4v) is 4.15. The summed E-state index contributed by atoms with van der Waals surface area (Å²) in [5.74, 6) is 1.89. The van der Waals surface area contributed by atoms with Crippen LogP contribution in [0.15, 0.2) is 18.2 Å². The lowest BCUT2D eigenvalue weighted by atomic mass is 10.2. The fraction of sp³-hybridized carbons (Fsp3) is 0.682. The molecule has 0 aromatic heterocycles. The van der Waals surface area contributed by atoms with Gasteiger partial charge in [0, 0.05) is 64.5 Å². The number of hydrogen-bond acceptors (Lipinski definition) is 6. The van der Waals surface area contributed by atoms with E-state index in [-0.39, 0.29) is 5.91 Å². The molecule has 7 nitrogen and oxygen atoms in total. The monoisotopic (exact) mass is 404 g/mol. The van der Waals surface area contributed by atoms with Gasteiger partial charge in [-0.2, -0.15) is 0 Å². The van der Waals surface area contributed by atoms with Crippen molar-refractivity contribution in [1.82, 2.24) is 14.7 Å². The highest BCUT2D eigenvalue weighted by molar-refractivity contribution is 5.78. The number of ether oxygens (including phenoxy) is 2. The summed E-state index contributed by atoms with van der Waals surface area (Å²) in [5, 5.41) is 0.